The van der Waals surface area contributed by atoms with Crippen molar-refractivity contribution in [2.75, 3.05) is 0 Å². The molecule has 0 bridgehead atoms. The van der Waals surface area contributed by atoms with Crippen LogP contribution in [-0.4, -0.2) is 5.60 Å². The lowest BCUT2D eigenvalue weighted by molar-refractivity contribution is 0.125. The summed E-state index contributed by atoms with van der Waals surface area (Å²) in [7, 11) is 0. The third-order valence-corrected chi connectivity index (χ3v) is 6.97. The molecule has 0 aliphatic carbocycles. The molecule has 0 heterocycles. The van der Waals surface area contributed by atoms with Gasteiger partial charge in [0.2, 0.25) is 0 Å². The van der Waals surface area contributed by atoms with Crippen LogP contribution in [0.15, 0.2) is 0 Å². The fourth-order valence-corrected chi connectivity index (χ4v) is 5.50. The SMILES string of the molecule is CCc1c(CC(C)(C)C)c(OC(C)(C)C)c(CC(C)(C)C)c(CC)c1C(CC)(CC)CC. The Kier molecular flexibility index (Phi) is 9.55. The molecular weight excluding hydrogens is 388 g/mol. The van der Waals surface area contributed by atoms with Crippen molar-refractivity contribution in [1.29, 1.82) is 0 Å². The lowest BCUT2D eigenvalue weighted by Gasteiger charge is -2.40. The maximum absolute atomic E-state index is 6.91. The van der Waals surface area contributed by atoms with Crippen molar-refractivity contribution in [1.82, 2.24) is 0 Å². The van der Waals surface area contributed by atoms with E-state index in [2.05, 4.69) is 96.9 Å². The first-order valence-electron chi connectivity index (χ1n) is 13.4. The zero-order valence-electron chi connectivity index (χ0n) is 24.4. The molecule has 0 saturated carbocycles. The first-order chi connectivity index (χ1) is 14.5. The van der Waals surface area contributed by atoms with Crippen molar-refractivity contribution in [3.63, 3.8) is 0 Å². The molecule has 32 heavy (non-hydrogen) atoms. The average molecular weight is 445 g/mol. The highest BCUT2D eigenvalue weighted by Crippen LogP contribution is 2.48. The van der Waals surface area contributed by atoms with E-state index in [-0.39, 0.29) is 21.8 Å². The van der Waals surface area contributed by atoms with Gasteiger partial charge in [0, 0.05) is 0 Å². The largest absolute Gasteiger partial charge is 0.488 e. The van der Waals surface area contributed by atoms with Crippen LogP contribution in [0.1, 0.15) is 144 Å². The Hall–Kier alpha value is -0.980. The van der Waals surface area contributed by atoms with Crippen LogP contribution >= 0.6 is 0 Å². The molecule has 1 rings (SSSR count). The maximum Gasteiger partial charge on any atom is 0.127 e. The Balaban J connectivity index is 4.33. The fourth-order valence-electron chi connectivity index (χ4n) is 5.50. The highest BCUT2D eigenvalue weighted by molar-refractivity contribution is 5.59. The van der Waals surface area contributed by atoms with Gasteiger partial charge in [-0.3, -0.25) is 0 Å². The molecule has 0 amide bonds. The molecule has 0 saturated heterocycles. The number of rotatable bonds is 9. The Morgan fingerprint density at radius 3 is 1.09 bits per heavy atom. The summed E-state index contributed by atoms with van der Waals surface area (Å²) >= 11 is 0. The van der Waals surface area contributed by atoms with Gasteiger partial charge in [0.05, 0.1) is 0 Å². The van der Waals surface area contributed by atoms with Crippen molar-refractivity contribution in [3.05, 3.63) is 27.8 Å². The third-order valence-electron chi connectivity index (χ3n) is 6.97. The molecule has 0 radical (unpaired) electrons. The standard InChI is InChI=1S/C31H56O/c1-15-22-24(20-28(6,7)8)27(32-30(12,13)14)25(21-29(9,10)11)23(16-2)26(22)31(17-3,18-4)19-5/h15-21H2,1-14H3. The van der Waals surface area contributed by atoms with Gasteiger partial charge in [-0.05, 0) is 110 Å². The Morgan fingerprint density at radius 2 is 0.875 bits per heavy atom. The smallest absolute Gasteiger partial charge is 0.127 e. The summed E-state index contributed by atoms with van der Waals surface area (Å²) in [5, 5.41) is 0. The second kappa shape index (κ2) is 10.5. The van der Waals surface area contributed by atoms with Gasteiger partial charge in [0.1, 0.15) is 11.4 Å². The number of hydrogen-bond acceptors (Lipinski definition) is 1. The van der Waals surface area contributed by atoms with Gasteiger partial charge in [-0.15, -0.1) is 0 Å². The lowest BCUT2D eigenvalue weighted by Crippen LogP contribution is -2.32. The van der Waals surface area contributed by atoms with E-state index in [0.717, 1.165) is 25.7 Å². The lowest BCUT2D eigenvalue weighted by atomic mass is 9.66. The summed E-state index contributed by atoms with van der Waals surface area (Å²) in [6.07, 6.45) is 7.86. The van der Waals surface area contributed by atoms with Gasteiger partial charge in [-0.25, -0.2) is 0 Å². The van der Waals surface area contributed by atoms with Crippen LogP contribution < -0.4 is 4.74 Å². The van der Waals surface area contributed by atoms with E-state index in [0.29, 0.717) is 0 Å². The van der Waals surface area contributed by atoms with E-state index in [1.807, 2.05) is 0 Å². The summed E-state index contributed by atoms with van der Waals surface area (Å²) in [6, 6.07) is 0. The summed E-state index contributed by atoms with van der Waals surface area (Å²) in [5.74, 6) is 1.21. The molecule has 0 N–H and O–H groups in total. The van der Waals surface area contributed by atoms with Gasteiger partial charge in [0.15, 0.2) is 0 Å². The van der Waals surface area contributed by atoms with Gasteiger partial charge < -0.3 is 4.74 Å². The van der Waals surface area contributed by atoms with E-state index in [1.165, 1.54) is 36.1 Å². The highest BCUT2D eigenvalue weighted by atomic mass is 16.5. The van der Waals surface area contributed by atoms with E-state index >= 15 is 0 Å². The molecule has 1 heteroatoms. The highest BCUT2D eigenvalue weighted by Gasteiger charge is 2.37. The molecule has 0 aliphatic rings. The van der Waals surface area contributed by atoms with Crippen LogP contribution in [0.2, 0.25) is 0 Å². The summed E-state index contributed by atoms with van der Waals surface area (Å²) in [6.45, 7) is 32.8. The molecule has 0 atom stereocenters. The van der Waals surface area contributed by atoms with Crippen LogP contribution in [0.5, 0.6) is 5.75 Å². The normalized spacial score (nSPS) is 13.6. The zero-order chi connectivity index (χ0) is 25.1. The van der Waals surface area contributed by atoms with Crippen LogP contribution in [0, 0.1) is 10.8 Å². The first kappa shape index (κ1) is 29.1. The van der Waals surface area contributed by atoms with Crippen molar-refractivity contribution in [3.8, 4) is 5.75 Å². The van der Waals surface area contributed by atoms with Crippen molar-refractivity contribution >= 4 is 0 Å². The molecule has 0 aliphatic heterocycles. The van der Waals surface area contributed by atoms with Crippen molar-refractivity contribution in [2.24, 2.45) is 10.8 Å². The minimum absolute atomic E-state index is 0.206. The molecule has 0 fully saturated rings. The minimum Gasteiger partial charge on any atom is -0.488 e. The van der Waals surface area contributed by atoms with E-state index in [9.17, 15) is 0 Å². The monoisotopic (exact) mass is 444 g/mol. The van der Waals surface area contributed by atoms with Crippen LogP contribution in [0.3, 0.4) is 0 Å². The van der Waals surface area contributed by atoms with Crippen LogP contribution in [0.25, 0.3) is 0 Å². The summed E-state index contributed by atoms with van der Waals surface area (Å²) in [5.41, 5.74) is 8.26. The molecule has 0 spiro atoms. The first-order valence-corrected chi connectivity index (χ1v) is 13.4. The molecule has 1 nitrogen and oxygen atoms in total. The minimum atomic E-state index is -0.214. The maximum atomic E-state index is 6.91. The molecular formula is C31H56O. The predicted octanol–water partition coefficient (Wildman–Crippen LogP) is 9.63. The van der Waals surface area contributed by atoms with Gasteiger partial charge in [-0.2, -0.15) is 0 Å². The van der Waals surface area contributed by atoms with Crippen LogP contribution in [-0.2, 0) is 31.1 Å². The fraction of sp³-hybridized carbons (Fsp3) is 0.806. The van der Waals surface area contributed by atoms with Gasteiger partial charge in [-0.1, -0.05) is 76.2 Å². The van der Waals surface area contributed by atoms with Gasteiger partial charge in [0.25, 0.3) is 0 Å². The molecule has 0 unspecified atom stereocenters. The third kappa shape index (κ3) is 7.01. The van der Waals surface area contributed by atoms with E-state index in [4.69, 9.17) is 4.74 Å². The second-order valence-corrected chi connectivity index (χ2v) is 13.4. The summed E-state index contributed by atoms with van der Waals surface area (Å²) < 4.78 is 6.91. The quantitative estimate of drug-likeness (QED) is 0.368. The molecule has 186 valence electrons. The Labute approximate surface area is 202 Å². The molecule has 0 aromatic heterocycles. The number of ether oxygens (including phenoxy) is 1. The zero-order valence-corrected chi connectivity index (χ0v) is 24.4. The number of hydrogen-bond donors (Lipinski definition) is 0. The molecule has 1 aromatic rings. The number of benzene rings is 1. The Morgan fingerprint density at radius 1 is 0.531 bits per heavy atom. The van der Waals surface area contributed by atoms with E-state index < -0.39 is 0 Å². The second-order valence-electron chi connectivity index (χ2n) is 13.4. The average Bonchev–Trinajstić information content (AvgIpc) is 2.63. The van der Waals surface area contributed by atoms with Gasteiger partial charge >= 0.3 is 0 Å². The predicted molar refractivity (Wildman–Crippen MR) is 144 cm³/mol. The topological polar surface area (TPSA) is 9.23 Å². The van der Waals surface area contributed by atoms with Crippen molar-refractivity contribution < 1.29 is 4.74 Å². The van der Waals surface area contributed by atoms with E-state index in [1.54, 1.807) is 16.7 Å². The Bertz CT molecular complexity index is 689. The van der Waals surface area contributed by atoms with Crippen molar-refractivity contribution in [2.45, 2.75) is 153 Å². The molecule has 1 aromatic carbocycles. The van der Waals surface area contributed by atoms with Crippen LogP contribution in [0.4, 0.5) is 0 Å². The summed E-state index contributed by atoms with van der Waals surface area (Å²) in [4.78, 5) is 0.